The average molecular weight is 448 g/mol. The number of benzene rings is 1. The Kier molecular flexibility index (Phi) is 8.10. The van der Waals surface area contributed by atoms with Crippen LogP contribution in [0, 0.1) is 25.2 Å². The molecule has 1 amide bonds. The smallest absolute Gasteiger partial charge is 0.349 e. The molecule has 0 saturated heterocycles. The molecule has 0 saturated carbocycles. The molecule has 30 heavy (non-hydrogen) atoms. The number of carbonyl (C=O) groups excluding carboxylic acids is 2. The second-order valence-electron chi connectivity index (χ2n) is 6.81. The van der Waals surface area contributed by atoms with E-state index in [-0.39, 0.29) is 5.57 Å². The summed E-state index contributed by atoms with van der Waals surface area (Å²) in [5.41, 5.74) is 2.87. The van der Waals surface area contributed by atoms with Crippen LogP contribution in [0.15, 0.2) is 29.8 Å². The molecule has 6 nitrogen and oxygen atoms in total. The fourth-order valence-electron chi connectivity index (χ4n) is 2.94. The molecule has 2 rings (SSSR count). The van der Waals surface area contributed by atoms with Crippen LogP contribution in [0.4, 0.5) is 5.69 Å². The van der Waals surface area contributed by atoms with Gasteiger partial charge in [0.15, 0.2) is 6.10 Å². The van der Waals surface area contributed by atoms with Crippen molar-refractivity contribution in [2.75, 3.05) is 5.32 Å². The van der Waals surface area contributed by atoms with Gasteiger partial charge in [-0.15, -0.1) is 0 Å². The van der Waals surface area contributed by atoms with Crippen molar-refractivity contribution in [3.63, 3.8) is 0 Å². The normalized spacial score (nSPS) is 12.2. The molecule has 0 aliphatic carbocycles. The molecule has 0 bridgehead atoms. The van der Waals surface area contributed by atoms with Crippen LogP contribution in [0.1, 0.15) is 37.2 Å². The van der Waals surface area contributed by atoms with Gasteiger partial charge in [-0.25, -0.2) is 4.79 Å². The number of rotatable bonds is 7. The third kappa shape index (κ3) is 5.65. The van der Waals surface area contributed by atoms with Crippen molar-refractivity contribution in [2.45, 2.75) is 46.8 Å². The largest absolute Gasteiger partial charge is 0.448 e. The second-order valence-corrected chi connectivity index (χ2v) is 7.65. The van der Waals surface area contributed by atoms with Crippen LogP contribution in [0.2, 0.25) is 10.0 Å². The van der Waals surface area contributed by atoms with Gasteiger partial charge >= 0.3 is 5.97 Å². The van der Waals surface area contributed by atoms with Crippen LogP contribution >= 0.6 is 23.2 Å². The van der Waals surface area contributed by atoms with E-state index in [9.17, 15) is 14.9 Å². The topological polar surface area (TPSA) is 84.1 Å². The van der Waals surface area contributed by atoms with E-state index in [1.54, 1.807) is 12.1 Å². The molecule has 1 N–H and O–H groups in total. The summed E-state index contributed by atoms with van der Waals surface area (Å²) in [4.78, 5) is 24.8. The highest BCUT2D eigenvalue weighted by molar-refractivity contribution is 6.35. The van der Waals surface area contributed by atoms with E-state index in [0.717, 1.165) is 29.9 Å². The number of halogens is 2. The predicted molar refractivity (Wildman–Crippen MR) is 118 cm³/mol. The fraction of sp³-hybridized carbons (Fsp3) is 0.318. The van der Waals surface area contributed by atoms with Gasteiger partial charge in [0.2, 0.25) is 0 Å². The number of amides is 1. The second kappa shape index (κ2) is 10.3. The number of hydrogen-bond donors (Lipinski definition) is 1. The third-order valence-corrected chi connectivity index (χ3v) is 5.10. The number of nitriles is 1. The third-order valence-electron chi connectivity index (χ3n) is 4.54. The van der Waals surface area contributed by atoms with Gasteiger partial charge in [0.05, 0.1) is 10.7 Å². The number of nitrogens with one attached hydrogen (secondary N) is 1. The van der Waals surface area contributed by atoms with E-state index in [0.29, 0.717) is 15.7 Å². The number of aromatic nitrogens is 1. The molecule has 1 aromatic heterocycles. The zero-order valence-electron chi connectivity index (χ0n) is 17.3. The highest BCUT2D eigenvalue weighted by atomic mass is 35.5. The van der Waals surface area contributed by atoms with Crippen molar-refractivity contribution >= 4 is 46.8 Å². The van der Waals surface area contributed by atoms with Gasteiger partial charge in [-0.3, -0.25) is 4.79 Å². The SMILES string of the molecule is CCCn1c(C)cc(/C=C(\C#N)C(=O)OC(C)C(=O)Nc2cc(Cl)ccc2Cl)c1C. The summed E-state index contributed by atoms with van der Waals surface area (Å²) in [6, 6.07) is 8.39. The molecule has 1 unspecified atom stereocenters. The maximum Gasteiger partial charge on any atom is 0.349 e. The van der Waals surface area contributed by atoms with Gasteiger partial charge in [-0.05, 0) is 63.1 Å². The molecule has 1 aromatic carbocycles. The molecule has 2 aromatic rings. The van der Waals surface area contributed by atoms with Crippen LogP contribution in [0.3, 0.4) is 0 Å². The van der Waals surface area contributed by atoms with E-state index in [1.165, 1.54) is 19.1 Å². The Morgan fingerprint density at radius 1 is 1.30 bits per heavy atom. The summed E-state index contributed by atoms with van der Waals surface area (Å²) in [5, 5.41) is 12.7. The van der Waals surface area contributed by atoms with Gasteiger partial charge < -0.3 is 14.6 Å². The predicted octanol–water partition coefficient (Wildman–Crippen LogP) is 5.30. The highest BCUT2D eigenvalue weighted by Crippen LogP contribution is 2.26. The van der Waals surface area contributed by atoms with Crippen LogP contribution < -0.4 is 5.32 Å². The van der Waals surface area contributed by atoms with Gasteiger partial charge in [-0.1, -0.05) is 30.1 Å². The lowest BCUT2D eigenvalue weighted by Crippen LogP contribution is -2.30. The van der Waals surface area contributed by atoms with Gasteiger partial charge in [0.25, 0.3) is 5.91 Å². The number of aryl methyl sites for hydroxylation is 1. The summed E-state index contributed by atoms with van der Waals surface area (Å²) >= 11 is 11.9. The van der Waals surface area contributed by atoms with Gasteiger partial charge in [0, 0.05) is 23.0 Å². The lowest BCUT2D eigenvalue weighted by molar-refractivity contribution is -0.148. The lowest BCUT2D eigenvalue weighted by atomic mass is 10.1. The summed E-state index contributed by atoms with van der Waals surface area (Å²) in [6.07, 6.45) is 1.31. The zero-order valence-corrected chi connectivity index (χ0v) is 18.8. The summed E-state index contributed by atoms with van der Waals surface area (Å²) < 4.78 is 7.30. The Bertz CT molecular complexity index is 1030. The van der Waals surface area contributed by atoms with Gasteiger partial charge in [-0.2, -0.15) is 5.26 Å². The molecule has 1 heterocycles. The van der Waals surface area contributed by atoms with E-state index in [2.05, 4.69) is 16.8 Å². The maximum atomic E-state index is 12.4. The molecule has 1 atom stereocenters. The number of nitrogens with zero attached hydrogens (tertiary/aromatic N) is 2. The molecule has 0 aliphatic rings. The van der Waals surface area contributed by atoms with Gasteiger partial charge in [0.1, 0.15) is 11.6 Å². The lowest BCUT2D eigenvalue weighted by Gasteiger charge is -2.14. The highest BCUT2D eigenvalue weighted by Gasteiger charge is 2.22. The molecule has 0 aliphatic heterocycles. The fourth-order valence-corrected chi connectivity index (χ4v) is 3.28. The Balaban J connectivity index is 2.14. The van der Waals surface area contributed by atoms with Crippen molar-refractivity contribution in [2.24, 2.45) is 0 Å². The molecule has 158 valence electrons. The minimum Gasteiger partial charge on any atom is -0.448 e. The first-order chi connectivity index (χ1) is 14.2. The number of hydrogen-bond acceptors (Lipinski definition) is 4. The Hall–Kier alpha value is -2.75. The van der Waals surface area contributed by atoms with Crippen molar-refractivity contribution < 1.29 is 14.3 Å². The Morgan fingerprint density at radius 2 is 2.00 bits per heavy atom. The molecule has 0 fully saturated rings. The first-order valence-electron chi connectivity index (χ1n) is 9.43. The first kappa shape index (κ1) is 23.5. The zero-order chi connectivity index (χ0) is 22.4. The summed E-state index contributed by atoms with van der Waals surface area (Å²) in [6.45, 7) is 8.24. The minimum absolute atomic E-state index is 0.188. The van der Waals surface area contributed by atoms with Crippen LogP contribution in [0.5, 0.6) is 0 Å². The molecule has 8 heteroatoms. The minimum atomic E-state index is -1.14. The maximum absolute atomic E-state index is 12.4. The Morgan fingerprint density at radius 3 is 2.63 bits per heavy atom. The van der Waals surface area contributed by atoms with E-state index >= 15 is 0 Å². The average Bonchev–Trinajstić information content (AvgIpc) is 2.96. The summed E-state index contributed by atoms with van der Waals surface area (Å²) in [7, 11) is 0. The van der Waals surface area contributed by atoms with Crippen molar-refractivity contribution in [3.8, 4) is 6.07 Å². The summed E-state index contributed by atoms with van der Waals surface area (Å²) in [5.74, 6) is -1.47. The van der Waals surface area contributed by atoms with Crippen LogP contribution in [-0.4, -0.2) is 22.5 Å². The number of anilines is 1. The van der Waals surface area contributed by atoms with Crippen molar-refractivity contribution in [3.05, 3.63) is 56.8 Å². The van der Waals surface area contributed by atoms with E-state index < -0.39 is 18.0 Å². The van der Waals surface area contributed by atoms with Crippen molar-refractivity contribution in [1.29, 1.82) is 5.26 Å². The van der Waals surface area contributed by atoms with Crippen LogP contribution in [-0.2, 0) is 20.9 Å². The van der Waals surface area contributed by atoms with Crippen molar-refractivity contribution in [1.82, 2.24) is 4.57 Å². The van der Waals surface area contributed by atoms with E-state index in [4.69, 9.17) is 27.9 Å². The first-order valence-corrected chi connectivity index (χ1v) is 10.2. The van der Waals surface area contributed by atoms with E-state index in [1.807, 2.05) is 26.0 Å². The number of esters is 1. The molecule has 0 radical (unpaired) electrons. The molecular formula is C22H23Cl2N3O3. The standard InChI is InChI=1S/C22H23Cl2N3O3/c1-5-8-27-13(2)9-16(14(27)3)10-17(12-25)22(29)30-15(4)21(28)26-20-11-18(23)6-7-19(20)24/h6-7,9-11,15H,5,8H2,1-4H3,(H,26,28)/b17-10+. The van der Waals surface area contributed by atoms with Crippen LogP contribution in [0.25, 0.3) is 6.08 Å². The Labute approximate surface area is 186 Å². The molecular weight excluding hydrogens is 425 g/mol. The number of carbonyl (C=O) groups is 2. The quantitative estimate of drug-likeness (QED) is 0.354. The molecule has 0 spiro atoms. The monoisotopic (exact) mass is 447 g/mol. The number of ether oxygens (including phenoxy) is 1.